The summed E-state index contributed by atoms with van der Waals surface area (Å²) < 4.78 is 52.1. The summed E-state index contributed by atoms with van der Waals surface area (Å²) in [4.78, 5) is 12.7. The first-order valence-electron chi connectivity index (χ1n) is 7.42. The molecule has 1 fully saturated rings. The van der Waals surface area contributed by atoms with Crippen LogP contribution in [-0.2, 0) is 11.3 Å². The molecule has 2 aromatic rings. The quantitative estimate of drug-likeness (QED) is 0.862. The fourth-order valence-electron chi connectivity index (χ4n) is 2.69. The number of alkyl halides is 3. The molecule has 0 saturated carbocycles. The van der Waals surface area contributed by atoms with Crippen molar-refractivity contribution in [2.45, 2.75) is 18.6 Å². The van der Waals surface area contributed by atoms with Crippen molar-refractivity contribution < 1.29 is 22.4 Å². The number of aromatic nitrogens is 2. The Labute approximate surface area is 135 Å². The molecule has 1 N–H and O–H groups in total. The summed E-state index contributed by atoms with van der Waals surface area (Å²) in [6.45, 7) is -0.247. The summed E-state index contributed by atoms with van der Waals surface area (Å²) in [6, 6.07) is 4.08. The summed E-state index contributed by atoms with van der Waals surface area (Å²) in [5.41, 5.74) is 1.20. The zero-order valence-electron chi connectivity index (χ0n) is 12.9. The van der Waals surface area contributed by atoms with E-state index in [4.69, 9.17) is 0 Å². The van der Waals surface area contributed by atoms with E-state index < -0.39 is 24.4 Å². The molecule has 9 heteroatoms. The largest absolute Gasteiger partial charge is 0.406 e. The minimum atomic E-state index is -4.46. The number of halogens is 4. The van der Waals surface area contributed by atoms with Crippen molar-refractivity contribution in [1.29, 1.82) is 0 Å². The van der Waals surface area contributed by atoms with Crippen LogP contribution in [0.25, 0.3) is 10.9 Å². The van der Waals surface area contributed by atoms with Crippen molar-refractivity contribution in [2.75, 3.05) is 26.7 Å². The lowest BCUT2D eigenvalue weighted by molar-refractivity contribution is -0.158. The molecule has 5 nitrogen and oxygen atoms in total. The van der Waals surface area contributed by atoms with Gasteiger partial charge in [0.2, 0.25) is 5.91 Å². The average molecular weight is 344 g/mol. The summed E-state index contributed by atoms with van der Waals surface area (Å²) in [5, 5.41) is 8.03. The van der Waals surface area contributed by atoms with Crippen molar-refractivity contribution in [3.05, 3.63) is 29.7 Å². The summed E-state index contributed by atoms with van der Waals surface area (Å²) in [5.74, 6) is -1.02. The van der Waals surface area contributed by atoms with E-state index >= 15 is 0 Å². The third-order valence-electron chi connectivity index (χ3n) is 4.04. The maximum absolute atomic E-state index is 13.5. The van der Waals surface area contributed by atoms with E-state index in [0.29, 0.717) is 34.6 Å². The van der Waals surface area contributed by atoms with Crippen LogP contribution in [0.3, 0.4) is 0 Å². The minimum absolute atomic E-state index is 0.110. The molecule has 0 atom stereocenters. The van der Waals surface area contributed by atoms with Crippen LogP contribution in [0.2, 0.25) is 0 Å². The molecular weight excluding hydrogens is 328 g/mol. The molecule has 1 saturated heterocycles. The third-order valence-corrected chi connectivity index (χ3v) is 4.04. The Morgan fingerprint density at radius 2 is 2.12 bits per heavy atom. The van der Waals surface area contributed by atoms with Gasteiger partial charge in [0.05, 0.1) is 11.2 Å². The van der Waals surface area contributed by atoms with E-state index in [1.807, 2.05) is 0 Å². The molecule has 3 rings (SSSR count). The molecule has 1 aromatic carbocycles. The number of hydrogen-bond acceptors (Lipinski definition) is 3. The van der Waals surface area contributed by atoms with Crippen molar-refractivity contribution in [1.82, 2.24) is 20.0 Å². The van der Waals surface area contributed by atoms with Gasteiger partial charge in [-0.15, -0.1) is 0 Å². The maximum Gasteiger partial charge on any atom is 0.406 e. The molecule has 0 unspecified atom stereocenters. The molecule has 24 heavy (non-hydrogen) atoms. The lowest BCUT2D eigenvalue weighted by Crippen LogP contribution is -2.40. The number of nitrogens with zero attached hydrogens (tertiary/aromatic N) is 3. The van der Waals surface area contributed by atoms with E-state index in [2.05, 4.69) is 10.4 Å². The van der Waals surface area contributed by atoms with Gasteiger partial charge in [-0.3, -0.25) is 9.48 Å². The highest BCUT2D eigenvalue weighted by Gasteiger charge is 2.32. The smallest absolute Gasteiger partial charge is 0.335 e. The Kier molecular flexibility index (Phi) is 4.20. The molecule has 0 radical (unpaired) electrons. The molecule has 130 valence electrons. The van der Waals surface area contributed by atoms with Gasteiger partial charge >= 0.3 is 6.18 Å². The molecular formula is C15H16F4N4O. The number of hydrogen-bond donors (Lipinski definition) is 1. The standard InChI is InChI=1S/C15H16F4N4O/c1-22(8-15(17,18)19)13(24)7-23-12-3-2-10(16)4-11(12)14(21-23)9-5-20-6-9/h2-4,9,20H,5-8H2,1H3. The molecule has 1 aliphatic heterocycles. The highest BCUT2D eigenvalue weighted by atomic mass is 19.4. The summed E-state index contributed by atoms with van der Waals surface area (Å²) in [7, 11) is 1.10. The predicted octanol–water partition coefficient (Wildman–Crippen LogP) is 1.88. The third kappa shape index (κ3) is 3.35. The molecule has 0 bridgehead atoms. The van der Waals surface area contributed by atoms with Crippen molar-refractivity contribution >= 4 is 16.8 Å². The second-order valence-electron chi connectivity index (χ2n) is 5.92. The van der Waals surface area contributed by atoms with Gasteiger partial charge in [0, 0.05) is 31.4 Å². The van der Waals surface area contributed by atoms with Gasteiger partial charge in [-0.1, -0.05) is 0 Å². The van der Waals surface area contributed by atoms with Gasteiger partial charge in [-0.05, 0) is 18.2 Å². The zero-order chi connectivity index (χ0) is 17.5. The Bertz CT molecular complexity index is 767. The van der Waals surface area contributed by atoms with E-state index in [0.717, 1.165) is 7.05 Å². The van der Waals surface area contributed by atoms with Gasteiger partial charge in [-0.2, -0.15) is 18.3 Å². The topological polar surface area (TPSA) is 50.2 Å². The van der Waals surface area contributed by atoms with E-state index in [-0.39, 0.29) is 12.5 Å². The first kappa shape index (κ1) is 16.7. The SMILES string of the molecule is CN(CC(F)(F)F)C(=O)Cn1nc(C2CNC2)c2cc(F)ccc21. The van der Waals surface area contributed by atoms with Crippen molar-refractivity contribution in [2.24, 2.45) is 0 Å². The number of amides is 1. The van der Waals surface area contributed by atoms with Crippen LogP contribution in [0.1, 0.15) is 11.6 Å². The van der Waals surface area contributed by atoms with Crippen LogP contribution in [0.15, 0.2) is 18.2 Å². The first-order chi connectivity index (χ1) is 11.2. The van der Waals surface area contributed by atoms with Crippen LogP contribution in [0.4, 0.5) is 17.6 Å². The Hall–Kier alpha value is -2.16. The van der Waals surface area contributed by atoms with E-state index in [1.165, 1.54) is 22.9 Å². The van der Waals surface area contributed by atoms with Crippen LogP contribution < -0.4 is 5.32 Å². The summed E-state index contributed by atoms with van der Waals surface area (Å²) in [6.07, 6.45) is -4.46. The van der Waals surface area contributed by atoms with Crippen molar-refractivity contribution in [3.8, 4) is 0 Å². The molecule has 1 amide bonds. The Morgan fingerprint density at radius 3 is 2.71 bits per heavy atom. The number of carbonyl (C=O) groups is 1. The van der Waals surface area contributed by atoms with Crippen LogP contribution in [-0.4, -0.2) is 53.4 Å². The van der Waals surface area contributed by atoms with E-state index in [9.17, 15) is 22.4 Å². The highest BCUT2D eigenvalue weighted by molar-refractivity contribution is 5.85. The first-order valence-corrected chi connectivity index (χ1v) is 7.42. The summed E-state index contributed by atoms with van der Waals surface area (Å²) >= 11 is 0. The zero-order valence-corrected chi connectivity index (χ0v) is 12.9. The minimum Gasteiger partial charge on any atom is -0.335 e. The van der Waals surface area contributed by atoms with Gasteiger partial charge in [0.25, 0.3) is 0 Å². The monoisotopic (exact) mass is 344 g/mol. The number of carbonyl (C=O) groups excluding carboxylic acids is 1. The second-order valence-corrected chi connectivity index (χ2v) is 5.92. The number of fused-ring (bicyclic) bond motifs is 1. The number of rotatable bonds is 4. The lowest BCUT2D eigenvalue weighted by atomic mass is 9.96. The van der Waals surface area contributed by atoms with Crippen LogP contribution in [0.5, 0.6) is 0 Å². The van der Waals surface area contributed by atoms with Gasteiger partial charge in [0.1, 0.15) is 18.9 Å². The fourth-order valence-corrected chi connectivity index (χ4v) is 2.69. The van der Waals surface area contributed by atoms with Gasteiger partial charge in [-0.25, -0.2) is 4.39 Å². The Balaban J connectivity index is 1.88. The van der Waals surface area contributed by atoms with Crippen molar-refractivity contribution in [3.63, 3.8) is 0 Å². The molecule has 1 aromatic heterocycles. The second kappa shape index (κ2) is 6.04. The maximum atomic E-state index is 13.5. The van der Waals surface area contributed by atoms with Crippen LogP contribution >= 0.6 is 0 Å². The molecule has 1 aliphatic rings. The van der Waals surface area contributed by atoms with Crippen LogP contribution in [0, 0.1) is 5.82 Å². The molecule has 0 aliphatic carbocycles. The van der Waals surface area contributed by atoms with Gasteiger partial charge < -0.3 is 10.2 Å². The van der Waals surface area contributed by atoms with E-state index in [1.54, 1.807) is 0 Å². The normalized spacial score (nSPS) is 15.5. The highest BCUT2D eigenvalue weighted by Crippen LogP contribution is 2.28. The average Bonchev–Trinajstić information content (AvgIpc) is 2.73. The fraction of sp³-hybridized carbons (Fsp3) is 0.467. The predicted molar refractivity (Wildman–Crippen MR) is 79.0 cm³/mol. The number of likely N-dealkylation sites (N-methyl/N-ethyl adjacent to an activating group) is 1. The lowest BCUT2D eigenvalue weighted by Gasteiger charge is -2.25. The molecule has 2 heterocycles. The van der Waals surface area contributed by atoms with Gasteiger partial charge in [0.15, 0.2) is 0 Å². The number of nitrogens with one attached hydrogen (secondary N) is 1. The molecule has 0 spiro atoms. The number of benzene rings is 1. The Morgan fingerprint density at radius 1 is 1.42 bits per heavy atom.